The fourth-order valence-electron chi connectivity index (χ4n) is 3.06. The van der Waals surface area contributed by atoms with Crippen molar-refractivity contribution >= 4 is 36.6 Å². The number of rotatable bonds is 6. The van der Waals surface area contributed by atoms with Gasteiger partial charge in [-0.15, -0.1) is 0 Å². The molecule has 0 fully saturated rings. The Morgan fingerprint density at radius 1 is 1.17 bits per heavy atom. The summed E-state index contributed by atoms with van der Waals surface area (Å²) < 4.78 is 8.64. The van der Waals surface area contributed by atoms with Gasteiger partial charge < -0.3 is 8.99 Å². The van der Waals surface area contributed by atoms with Crippen LogP contribution in [0.4, 0.5) is 0 Å². The molecule has 3 aromatic heterocycles. The monoisotopic (exact) mass is 443 g/mol. The minimum absolute atomic E-state index is 0.130. The predicted octanol–water partition coefficient (Wildman–Crippen LogP) is 6.07. The van der Waals surface area contributed by atoms with E-state index in [0.29, 0.717) is 22.9 Å². The zero-order chi connectivity index (χ0) is 22.3. The van der Waals surface area contributed by atoms with E-state index in [2.05, 4.69) is 62.2 Å². The summed E-state index contributed by atoms with van der Waals surface area (Å²) in [5.41, 5.74) is 1.48. The predicted molar refractivity (Wildman–Crippen MR) is 125 cm³/mol. The lowest BCUT2D eigenvalue weighted by Crippen LogP contribution is -2.45. The van der Waals surface area contributed by atoms with Crippen molar-refractivity contribution in [3.63, 3.8) is 0 Å². The summed E-state index contributed by atoms with van der Waals surface area (Å²) in [6.45, 7) is 16.0. The molecule has 0 amide bonds. The first-order valence-electron chi connectivity index (χ1n) is 10.1. The first kappa shape index (κ1) is 22.7. The van der Waals surface area contributed by atoms with Crippen LogP contribution in [0.2, 0.25) is 23.2 Å². The normalized spacial score (nSPS) is 13.1. The Labute approximate surface area is 184 Å². The molecule has 160 valence electrons. The van der Waals surface area contributed by atoms with Crippen LogP contribution >= 0.6 is 11.6 Å². The average molecular weight is 444 g/mol. The van der Waals surface area contributed by atoms with Gasteiger partial charge in [0, 0.05) is 35.2 Å². The van der Waals surface area contributed by atoms with Crippen LogP contribution < -0.4 is 0 Å². The molecule has 30 heavy (non-hydrogen) atoms. The minimum Gasteiger partial charge on any atom is -0.414 e. The van der Waals surface area contributed by atoms with Crippen molar-refractivity contribution in [3.05, 3.63) is 59.3 Å². The van der Waals surface area contributed by atoms with E-state index in [1.165, 1.54) is 0 Å². The van der Waals surface area contributed by atoms with Crippen LogP contribution in [-0.2, 0) is 9.96 Å². The van der Waals surface area contributed by atoms with E-state index in [1.807, 2.05) is 12.3 Å². The van der Waals surface area contributed by atoms with Crippen LogP contribution in [0.5, 0.6) is 0 Å². The molecule has 0 atom stereocenters. The SMILES string of the molecule is CC(C)(CO[Si](C)(C)C(C)(C)C)n1cc(C(=O)c2cc(Cl)ccn2)c2cnccc21. The third kappa shape index (κ3) is 4.36. The average Bonchev–Trinajstić information content (AvgIpc) is 3.06. The molecule has 0 saturated carbocycles. The summed E-state index contributed by atoms with van der Waals surface area (Å²) in [4.78, 5) is 21.7. The van der Waals surface area contributed by atoms with Gasteiger partial charge in [0.2, 0.25) is 5.78 Å². The lowest BCUT2D eigenvalue weighted by molar-refractivity contribution is 0.103. The standard InChI is InChI=1S/C23H30ClN3O2Si/c1-22(2,3)30(6,7)29-15-23(4,5)27-14-18(17-13-25-10-9-20(17)27)21(28)19-12-16(24)8-11-26-19/h8-14H,15H2,1-7H3. The van der Waals surface area contributed by atoms with Crippen molar-refractivity contribution in [2.45, 2.75) is 58.3 Å². The number of hydrogen-bond acceptors (Lipinski definition) is 4. The van der Waals surface area contributed by atoms with Gasteiger partial charge in [0.25, 0.3) is 0 Å². The van der Waals surface area contributed by atoms with Crippen LogP contribution in [0.15, 0.2) is 43.0 Å². The molecule has 7 heteroatoms. The van der Waals surface area contributed by atoms with Crippen molar-refractivity contribution in [3.8, 4) is 0 Å². The van der Waals surface area contributed by atoms with Gasteiger partial charge in [0.15, 0.2) is 8.32 Å². The molecule has 0 spiro atoms. The van der Waals surface area contributed by atoms with E-state index in [1.54, 1.807) is 30.7 Å². The van der Waals surface area contributed by atoms with Gasteiger partial charge in [0.05, 0.1) is 23.2 Å². The summed E-state index contributed by atoms with van der Waals surface area (Å²) in [6, 6.07) is 5.19. The molecule has 3 heterocycles. The lowest BCUT2D eigenvalue weighted by atomic mass is 10.1. The maximum atomic E-state index is 13.2. The Kier molecular flexibility index (Phi) is 5.97. The highest BCUT2D eigenvalue weighted by atomic mass is 35.5. The molecule has 3 rings (SSSR count). The largest absolute Gasteiger partial charge is 0.414 e. The van der Waals surface area contributed by atoms with Gasteiger partial charge in [-0.25, -0.2) is 0 Å². The number of nitrogens with zero attached hydrogens (tertiary/aromatic N) is 3. The van der Waals surface area contributed by atoms with E-state index in [-0.39, 0.29) is 16.4 Å². The lowest BCUT2D eigenvalue weighted by Gasteiger charge is -2.39. The first-order chi connectivity index (χ1) is 13.8. The van der Waals surface area contributed by atoms with Gasteiger partial charge >= 0.3 is 0 Å². The van der Waals surface area contributed by atoms with Gasteiger partial charge in [-0.2, -0.15) is 0 Å². The topological polar surface area (TPSA) is 57.0 Å². The zero-order valence-electron chi connectivity index (χ0n) is 18.8. The summed E-state index contributed by atoms with van der Waals surface area (Å²) >= 11 is 6.07. The molecule has 0 aromatic carbocycles. The number of pyridine rings is 2. The molecule has 0 aliphatic carbocycles. The Morgan fingerprint density at radius 3 is 2.50 bits per heavy atom. The second-order valence-corrected chi connectivity index (χ2v) is 15.1. The molecular formula is C23H30ClN3O2Si. The van der Waals surface area contributed by atoms with Crippen LogP contribution in [-0.4, -0.2) is 35.2 Å². The number of fused-ring (bicyclic) bond motifs is 1. The number of ketones is 1. The Balaban J connectivity index is 2.02. The number of halogens is 1. The fraction of sp³-hybridized carbons (Fsp3) is 0.435. The quantitative estimate of drug-likeness (QED) is 0.342. The first-order valence-corrected chi connectivity index (χ1v) is 13.4. The Bertz CT molecular complexity index is 1080. The van der Waals surface area contributed by atoms with E-state index in [0.717, 1.165) is 10.9 Å². The van der Waals surface area contributed by atoms with E-state index in [4.69, 9.17) is 16.0 Å². The molecule has 0 aliphatic heterocycles. The molecule has 0 bridgehead atoms. The van der Waals surface area contributed by atoms with Gasteiger partial charge in [-0.3, -0.25) is 14.8 Å². The second kappa shape index (κ2) is 7.91. The summed E-state index contributed by atoms with van der Waals surface area (Å²) in [6.07, 6.45) is 6.92. The molecule has 5 nitrogen and oxygen atoms in total. The van der Waals surface area contributed by atoms with Crippen LogP contribution in [0.25, 0.3) is 10.9 Å². The van der Waals surface area contributed by atoms with E-state index >= 15 is 0 Å². The van der Waals surface area contributed by atoms with Crippen molar-refractivity contribution in [2.75, 3.05) is 6.61 Å². The number of carbonyl (C=O) groups excluding carboxylic acids is 1. The highest BCUT2D eigenvalue weighted by molar-refractivity contribution is 6.74. The van der Waals surface area contributed by atoms with Gasteiger partial charge in [-0.1, -0.05) is 32.4 Å². The van der Waals surface area contributed by atoms with E-state index < -0.39 is 8.32 Å². The molecule has 0 unspecified atom stereocenters. The molecule has 0 N–H and O–H groups in total. The molecule has 0 aliphatic rings. The van der Waals surface area contributed by atoms with Crippen LogP contribution in [0.1, 0.15) is 50.7 Å². The van der Waals surface area contributed by atoms with Crippen molar-refractivity contribution in [1.29, 1.82) is 0 Å². The highest BCUT2D eigenvalue weighted by Crippen LogP contribution is 2.38. The van der Waals surface area contributed by atoms with Crippen molar-refractivity contribution in [2.24, 2.45) is 0 Å². The maximum Gasteiger partial charge on any atom is 0.213 e. The van der Waals surface area contributed by atoms with Gasteiger partial charge in [0.1, 0.15) is 5.69 Å². The number of aromatic nitrogens is 3. The molecule has 0 radical (unpaired) electrons. The third-order valence-electron chi connectivity index (χ3n) is 6.05. The highest BCUT2D eigenvalue weighted by Gasteiger charge is 2.39. The number of carbonyl (C=O) groups is 1. The minimum atomic E-state index is -1.91. The van der Waals surface area contributed by atoms with Crippen LogP contribution in [0.3, 0.4) is 0 Å². The van der Waals surface area contributed by atoms with Crippen molar-refractivity contribution < 1.29 is 9.22 Å². The molecule has 0 saturated heterocycles. The Hall–Kier alpha value is -2.02. The molecule has 3 aromatic rings. The smallest absolute Gasteiger partial charge is 0.213 e. The second-order valence-electron chi connectivity index (χ2n) is 9.86. The third-order valence-corrected chi connectivity index (χ3v) is 10.8. The van der Waals surface area contributed by atoms with Gasteiger partial charge in [-0.05, 0) is 50.2 Å². The fourth-order valence-corrected chi connectivity index (χ4v) is 4.37. The Morgan fingerprint density at radius 2 is 1.87 bits per heavy atom. The zero-order valence-corrected chi connectivity index (χ0v) is 20.5. The summed E-state index contributed by atoms with van der Waals surface area (Å²) in [5, 5.41) is 1.41. The van der Waals surface area contributed by atoms with E-state index in [9.17, 15) is 4.79 Å². The maximum absolute atomic E-state index is 13.2. The van der Waals surface area contributed by atoms with Crippen LogP contribution in [0, 0.1) is 0 Å². The van der Waals surface area contributed by atoms with Crippen molar-refractivity contribution in [1.82, 2.24) is 14.5 Å². The summed E-state index contributed by atoms with van der Waals surface area (Å²) in [7, 11) is -1.91. The number of hydrogen-bond donors (Lipinski definition) is 0. The molecular weight excluding hydrogens is 414 g/mol. The summed E-state index contributed by atoms with van der Waals surface area (Å²) in [5.74, 6) is -0.171.